The second kappa shape index (κ2) is 4.57. The van der Waals surface area contributed by atoms with Gasteiger partial charge in [0.25, 0.3) is 0 Å². The Morgan fingerprint density at radius 2 is 2.06 bits per heavy atom. The first kappa shape index (κ1) is 11.9. The van der Waals surface area contributed by atoms with Gasteiger partial charge in [-0.15, -0.1) is 13.2 Å². The van der Waals surface area contributed by atoms with Gasteiger partial charge in [0.15, 0.2) is 0 Å². The van der Waals surface area contributed by atoms with Crippen LogP contribution in [-0.4, -0.2) is 11.5 Å². The van der Waals surface area contributed by atoms with E-state index in [1.54, 1.807) is 6.07 Å². The summed E-state index contributed by atoms with van der Waals surface area (Å²) < 4.78 is 39.0. The minimum Gasteiger partial charge on any atom is -0.507 e. The number of phenols is 1. The summed E-state index contributed by atoms with van der Waals surface area (Å²) in [7, 11) is 0. The highest BCUT2D eigenvalue weighted by Gasteiger charge is 2.31. The molecule has 0 unspecified atom stereocenters. The van der Waals surface area contributed by atoms with Crippen molar-refractivity contribution in [1.29, 1.82) is 5.26 Å². The van der Waals surface area contributed by atoms with Crippen molar-refractivity contribution in [2.24, 2.45) is 0 Å². The molecule has 84 valence electrons. The quantitative estimate of drug-likeness (QED) is 0.793. The average molecular weight is 229 g/mol. The molecule has 0 spiro atoms. The molecule has 3 nitrogen and oxygen atoms in total. The zero-order valence-electron chi connectivity index (χ0n) is 7.82. The topological polar surface area (TPSA) is 53.2 Å². The number of allylic oxidation sites excluding steroid dienone is 1. The lowest BCUT2D eigenvalue weighted by Gasteiger charge is -2.09. The maximum Gasteiger partial charge on any atom is 0.573 e. The van der Waals surface area contributed by atoms with E-state index in [4.69, 9.17) is 5.26 Å². The van der Waals surface area contributed by atoms with Gasteiger partial charge in [0.2, 0.25) is 0 Å². The Labute approximate surface area is 89.0 Å². The van der Waals surface area contributed by atoms with Crippen molar-refractivity contribution >= 4 is 6.08 Å². The van der Waals surface area contributed by atoms with E-state index in [0.717, 1.165) is 18.2 Å². The van der Waals surface area contributed by atoms with Gasteiger partial charge in [0, 0.05) is 17.7 Å². The van der Waals surface area contributed by atoms with Crippen molar-refractivity contribution in [2.75, 3.05) is 0 Å². The number of halogens is 3. The maximum absolute atomic E-state index is 11.8. The van der Waals surface area contributed by atoms with Gasteiger partial charge in [-0.1, -0.05) is 0 Å². The average Bonchev–Trinajstić information content (AvgIpc) is 2.14. The molecule has 0 heterocycles. The smallest absolute Gasteiger partial charge is 0.507 e. The number of alkyl halides is 3. The molecule has 0 fully saturated rings. The van der Waals surface area contributed by atoms with Crippen molar-refractivity contribution in [3.63, 3.8) is 0 Å². The van der Waals surface area contributed by atoms with Gasteiger partial charge in [-0.2, -0.15) is 5.26 Å². The number of nitriles is 1. The second-order valence-electron chi connectivity index (χ2n) is 2.73. The lowest BCUT2D eigenvalue weighted by atomic mass is 10.2. The predicted octanol–water partition coefficient (Wildman–Crippen LogP) is 2.83. The van der Waals surface area contributed by atoms with Crippen LogP contribution in [-0.2, 0) is 0 Å². The Bertz CT molecular complexity index is 446. The zero-order chi connectivity index (χ0) is 12.2. The molecule has 0 saturated carbocycles. The van der Waals surface area contributed by atoms with E-state index in [-0.39, 0.29) is 5.56 Å². The van der Waals surface area contributed by atoms with E-state index in [1.807, 2.05) is 0 Å². The van der Waals surface area contributed by atoms with E-state index < -0.39 is 17.9 Å². The molecule has 0 bridgehead atoms. The lowest BCUT2D eigenvalue weighted by molar-refractivity contribution is -0.274. The van der Waals surface area contributed by atoms with E-state index in [2.05, 4.69) is 4.74 Å². The summed E-state index contributed by atoms with van der Waals surface area (Å²) >= 11 is 0. The van der Waals surface area contributed by atoms with Gasteiger partial charge in [-0.25, -0.2) is 0 Å². The van der Waals surface area contributed by atoms with Gasteiger partial charge < -0.3 is 9.84 Å². The standard InChI is InChI=1S/C10H6F3NO2/c11-10(12,13)16-8-4-3-7(2-1-5-14)9(15)6-8/h1-4,6,15H. The third-order valence-corrected chi connectivity index (χ3v) is 1.57. The number of nitrogens with zero attached hydrogens (tertiary/aromatic N) is 1. The number of ether oxygens (including phenoxy) is 1. The van der Waals surface area contributed by atoms with E-state index in [0.29, 0.717) is 0 Å². The molecule has 0 radical (unpaired) electrons. The van der Waals surface area contributed by atoms with E-state index >= 15 is 0 Å². The molecule has 0 saturated heterocycles. The van der Waals surface area contributed by atoms with Crippen LogP contribution in [0.3, 0.4) is 0 Å². The van der Waals surface area contributed by atoms with Crippen molar-refractivity contribution in [3.05, 3.63) is 29.8 Å². The number of benzene rings is 1. The molecule has 0 aliphatic carbocycles. The predicted molar refractivity (Wildman–Crippen MR) is 49.4 cm³/mol. The number of hydrogen-bond acceptors (Lipinski definition) is 3. The van der Waals surface area contributed by atoms with Gasteiger partial charge in [0.1, 0.15) is 11.5 Å². The highest BCUT2D eigenvalue weighted by atomic mass is 19.4. The number of hydrogen-bond donors (Lipinski definition) is 1. The van der Waals surface area contributed by atoms with Gasteiger partial charge in [-0.3, -0.25) is 0 Å². The normalized spacial score (nSPS) is 11.4. The minimum atomic E-state index is -4.80. The Morgan fingerprint density at radius 1 is 1.38 bits per heavy atom. The lowest BCUT2D eigenvalue weighted by Crippen LogP contribution is -2.16. The van der Waals surface area contributed by atoms with Crippen LogP contribution in [0.15, 0.2) is 24.3 Å². The Morgan fingerprint density at radius 3 is 2.56 bits per heavy atom. The highest BCUT2D eigenvalue weighted by Crippen LogP contribution is 2.28. The molecule has 6 heteroatoms. The van der Waals surface area contributed by atoms with Crippen LogP contribution in [0.1, 0.15) is 5.56 Å². The molecule has 0 aliphatic rings. The van der Waals surface area contributed by atoms with Crippen LogP contribution >= 0.6 is 0 Å². The molecule has 1 aromatic carbocycles. The second-order valence-corrected chi connectivity index (χ2v) is 2.73. The first-order valence-electron chi connectivity index (χ1n) is 4.07. The third kappa shape index (κ3) is 3.53. The molecule has 0 aliphatic heterocycles. The van der Waals surface area contributed by atoms with Crippen LogP contribution < -0.4 is 4.74 Å². The molecule has 0 amide bonds. The van der Waals surface area contributed by atoms with Crippen LogP contribution in [0, 0.1) is 11.3 Å². The fraction of sp³-hybridized carbons (Fsp3) is 0.100. The Kier molecular flexibility index (Phi) is 3.40. The summed E-state index contributed by atoms with van der Waals surface area (Å²) in [5.74, 6) is -0.910. The molecule has 1 rings (SSSR count). The maximum atomic E-state index is 11.8. The van der Waals surface area contributed by atoms with Gasteiger partial charge >= 0.3 is 6.36 Å². The fourth-order valence-electron chi connectivity index (χ4n) is 0.989. The van der Waals surface area contributed by atoms with Crippen LogP contribution in [0.25, 0.3) is 6.08 Å². The van der Waals surface area contributed by atoms with Crippen molar-refractivity contribution in [2.45, 2.75) is 6.36 Å². The summed E-state index contributed by atoms with van der Waals surface area (Å²) in [6, 6.07) is 4.78. The number of phenolic OH excluding ortho intramolecular Hbond substituents is 1. The summed E-state index contributed by atoms with van der Waals surface area (Å²) in [6.45, 7) is 0. The Hall–Kier alpha value is -2.16. The molecule has 0 aromatic heterocycles. The first-order valence-corrected chi connectivity index (χ1v) is 4.07. The van der Waals surface area contributed by atoms with Crippen LogP contribution in [0.4, 0.5) is 13.2 Å². The summed E-state index contributed by atoms with van der Waals surface area (Å²) in [5.41, 5.74) is 0.232. The third-order valence-electron chi connectivity index (χ3n) is 1.57. The fourth-order valence-corrected chi connectivity index (χ4v) is 0.989. The summed E-state index contributed by atoms with van der Waals surface area (Å²) in [6.07, 6.45) is -2.43. The Balaban J connectivity index is 2.92. The van der Waals surface area contributed by atoms with Crippen molar-refractivity contribution in [3.8, 4) is 17.6 Å². The van der Waals surface area contributed by atoms with Gasteiger partial charge in [0.05, 0.1) is 6.07 Å². The van der Waals surface area contributed by atoms with E-state index in [9.17, 15) is 18.3 Å². The van der Waals surface area contributed by atoms with Crippen molar-refractivity contribution in [1.82, 2.24) is 0 Å². The van der Waals surface area contributed by atoms with Crippen molar-refractivity contribution < 1.29 is 23.0 Å². The summed E-state index contributed by atoms with van der Waals surface area (Å²) in [4.78, 5) is 0. The minimum absolute atomic E-state index is 0.232. The van der Waals surface area contributed by atoms with E-state index in [1.165, 1.54) is 12.1 Å². The van der Waals surface area contributed by atoms with Gasteiger partial charge in [-0.05, 0) is 18.2 Å². The van der Waals surface area contributed by atoms with Crippen LogP contribution in [0.2, 0.25) is 0 Å². The molecule has 1 aromatic rings. The molecule has 16 heavy (non-hydrogen) atoms. The molecular weight excluding hydrogens is 223 g/mol. The molecule has 0 atom stereocenters. The first-order chi connectivity index (χ1) is 7.42. The monoisotopic (exact) mass is 229 g/mol. The highest BCUT2D eigenvalue weighted by molar-refractivity contribution is 5.60. The number of aromatic hydroxyl groups is 1. The molecular formula is C10H6F3NO2. The van der Waals surface area contributed by atoms with Crippen LogP contribution in [0.5, 0.6) is 11.5 Å². The largest absolute Gasteiger partial charge is 0.573 e. The SMILES string of the molecule is N#CC=Cc1ccc(OC(F)(F)F)cc1O. The summed E-state index contributed by atoms with van der Waals surface area (Å²) in [5, 5.41) is 17.5. The zero-order valence-corrected chi connectivity index (χ0v) is 7.82. The number of rotatable bonds is 2. The molecule has 1 N–H and O–H groups in total.